The minimum atomic E-state index is 0.101. The molecule has 1 amide bonds. The Morgan fingerprint density at radius 1 is 1.59 bits per heavy atom. The molecule has 2 rings (SSSR count). The van der Waals surface area contributed by atoms with Crippen molar-refractivity contribution < 1.29 is 9.32 Å². The summed E-state index contributed by atoms with van der Waals surface area (Å²) < 4.78 is 5.06. The molecule has 0 radical (unpaired) electrons. The molecule has 0 aliphatic carbocycles. The Hall–Kier alpha value is -1.36. The Balaban J connectivity index is 1.87. The van der Waals surface area contributed by atoms with Crippen LogP contribution in [-0.4, -0.2) is 24.2 Å². The molecule has 2 heterocycles. The number of nitrogens with one attached hydrogen (secondary N) is 2. The van der Waals surface area contributed by atoms with Gasteiger partial charge in [0.1, 0.15) is 5.76 Å². The summed E-state index contributed by atoms with van der Waals surface area (Å²) in [6.07, 6.45) is 2.05. The Morgan fingerprint density at radius 3 is 3.00 bits per heavy atom. The van der Waals surface area contributed by atoms with Crippen molar-refractivity contribution >= 4 is 5.91 Å². The number of aromatic nitrogens is 1. The number of hydrogen-bond acceptors (Lipinski definition) is 4. The van der Waals surface area contributed by atoms with Crippen molar-refractivity contribution in [2.24, 2.45) is 5.92 Å². The maximum atomic E-state index is 11.9. The third-order valence-electron chi connectivity index (χ3n) is 3.29. The number of piperidine rings is 1. The zero-order chi connectivity index (χ0) is 12.3. The molecule has 1 fully saturated rings. The summed E-state index contributed by atoms with van der Waals surface area (Å²) in [4.78, 5) is 11.9. The first-order chi connectivity index (χ1) is 8.18. The van der Waals surface area contributed by atoms with E-state index in [1.807, 2.05) is 13.8 Å². The van der Waals surface area contributed by atoms with E-state index in [0.717, 1.165) is 42.9 Å². The molecule has 0 saturated carbocycles. The fraction of sp³-hybridized carbons (Fsp3) is 0.667. The first-order valence-corrected chi connectivity index (χ1v) is 6.08. The SMILES string of the molecule is Cc1noc(C)c1CNC(=O)[C@H]1CCCNC1. The molecular weight excluding hydrogens is 218 g/mol. The summed E-state index contributed by atoms with van der Waals surface area (Å²) in [5.41, 5.74) is 1.84. The van der Waals surface area contributed by atoms with Crippen molar-refractivity contribution in [3.05, 3.63) is 17.0 Å². The molecule has 0 bridgehead atoms. The van der Waals surface area contributed by atoms with E-state index in [4.69, 9.17) is 4.52 Å². The quantitative estimate of drug-likeness (QED) is 0.820. The number of aryl methyl sites for hydroxylation is 2. The van der Waals surface area contributed by atoms with E-state index in [9.17, 15) is 4.79 Å². The standard InChI is InChI=1S/C12H19N3O2/c1-8-11(9(2)17-15-8)7-14-12(16)10-4-3-5-13-6-10/h10,13H,3-7H2,1-2H3,(H,14,16)/t10-/m0/s1. The highest BCUT2D eigenvalue weighted by Crippen LogP contribution is 2.13. The molecule has 1 aliphatic heterocycles. The van der Waals surface area contributed by atoms with Gasteiger partial charge in [-0.2, -0.15) is 0 Å². The number of nitrogens with zero attached hydrogens (tertiary/aromatic N) is 1. The van der Waals surface area contributed by atoms with Crippen LogP contribution in [0.2, 0.25) is 0 Å². The van der Waals surface area contributed by atoms with Crippen LogP contribution in [0.25, 0.3) is 0 Å². The number of carbonyl (C=O) groups excluding carboxylic acids is 1. The lowest BCUT2D eigenvalue weighted by Crippen LogP contribution is -2.40. The number of rotatable bonds is 3. The molecule has 2 N–H and O–H groups in total. The van der Waals surface area contributed by atoms with Crippen molar-refractivity contribution in [1.82, 2.24) is 15.8 Å². The lowest BCUT2D eigenvalue weighted by molar-refractivity contribution is -0.125. The van der Waals surface area contributed by atoms with E-state index < -0.39 is 0 Å². The topological polar surface area (TPSA) is 67.2 Å². The third kappa shape index (κ3) is 2.85. The summed E-state index contributed by atoms with van der Waals surface area (Å²) in [7, 11) is 0. The highest BCUT2D eigenvalue weighted by Gasteiger charge is 2.21. The van der Waals surface area contributed by atoms with E-state index in [0.29, 0.717) is 6.54 Å². The summed E-state index contributed by atoms with van der Waals surface area (Å²) in [6, 6.07) is 0. The van der Waals surface area contributed by atoms with Gasteiger partial charge in [0.25, 0.3) is 0 Å². The molecule has 1 saturated heterocycles. The van der Waals surface area contributed by atoms with Crippen LogP contribution in [-0.2, 0) is 11.3 Å². The number of amides is 1. The van der Waals surface area contributed by atoms with Crippen LogP contribution in [0.1, 0.15) is 29.9 Å². The van der Waals surface area contributed by atoms with Gasteiger partial charge in [0.2, 0.25) is 5.91 Å². The first-order valence-electron chi connectivity index (χ1n) is 6.08. The van der Waals surface area contributed by atoms with Crippen molar-refractivity contribution in [2.75, 3.05) is 13.1 Å². The molecule has 17 heavy (non-hydrogen) atoms. The molecule has 1 aromatic heterocycles. The second-order valence-electron chi connectivity index (χ2n) is 4.56. The molecule has 1 atom stereocenters. The van der Waals surface area contributed by atoms with Crippen LogP contribution in [0, 0.1) is 19.8 Å². The van der Waals surface area contributed by atoms with Gasteiger partial charge in [0.15, 0.2) is 0 Å². The third-order valence-corrected chi connectivity index (χ3v) is 3.29. The van der Waals surface area contributed by atoms with Crippen LogP contribution in [0.3, 0.4) is 0 Å². The Bertz CT molecular complexity index is 375. The normalized spacial score (nSPS) is 20.2. The largest absolute Gasteiger partial charge is 0.361 e. The van der Waals surface area contributed by atoms with Crippen LogP contribution >= 0.6 is 0 Å². The Labute approximate surface area is 101 Å². The summed E-state index contributed by atoms with van der Waals surface area (Å²) in [6.45, 7) is 6.07. The van der Waals surface area contributed by atoms with Gasteiger partial charge in [-0.15, -0.1) is 0 Å². The summed E-state index contributed by atoms with van der Waals surface area (Å²) in [5.74, 6) is 1.01. The molecule has 1 aromatic rings. The molecular formula is C12H19N3O2. The minimum absolute atomic E-state index is 0.101. The number of hydrogen-bond donors (Lipinski definition) is 2. The molecule has 1 aliphatic rings. The molecule has 5 nitrogen and oxygen atoms in total. The first kappa shape index (κ1) is 12.1. The van der Waals surface area contributed by atoms with Crippen molar-refractivity contribution in [1.29, 1.82) is 0 Å². The van der Waals surface area contributed by atoms with Crippen LogP contribution in [0.4, 0.5) is 0 Å². The van der Waals surface area contributed by atoms with E-state index in [1.54, 1.807) is 0 Å². The summed E-state index contributed by atoms with van der Waals surface area (Å²) in [5, 5.41) is 10.1. The van der Waals surface area contributed by atoms with Gasteiger partial charge in [-0.25, -0.2) is 0 Å². The lowest BCUT2D eigenvalue weighted by atomic mass is 9.99. The van der Waals surface area contributed by atoms with Gasteiger partial charge in [-0.1, -0.05) is 5.16 Å². The molecule has 0 unspecified atom stereocenters. The second kappa shape index (κ2) is 5.31. The molecule has 5 heteroatoms. The van der Waals surface area contributed by atoms with Crippen molar-refractivity contribution in [2.45, 2.75) is 33.2 Å². The smallest absolute Gasteiger partial charge is 0.224 e. The second-order valence-corrected chi connectivity index (χ2v) is 4.56. The van der Waals surface area contributed by atoms with Gasteiger partial charge in [0.05, 0.1) is 11.6 Å². The van der Waals surface area contributed by atoms with Crippen LogP contribution < -0.4 is 10.6 Å². The van der Waals surface area contributed by atoms with Crippen LogP contribution in [0.15, 0.2) is 4.52 Å². The zero-order valence-corrected chi connectivity index (χ0v) is 10.4. The van der Waals surface area contributed by atoms with E-state index >= 15 is 0 Å². The average molecular weight is 237 g/mol. The zero-order valence-electron chi connectivity index (χ0n) is 10.4. The molecule has 0 spiro atoms. The minimum Gasteiger partial charge on any atom is -0.361 e. The maximum absolute atomic E-state index is 11.9. The van der Waals surface area contributed by atoms with Crippen LogP contribution in [0.5, 0.6) is 0 Å². The molecule has 94 valence electrons. The highest BCUT2D eigenvalue weighted by molar-refractivity contribution is 5.79. The predicted molar refractivity (Wildman–Crippen MR) is 63.4 cm³/mol. The fourth-order valence-electron chi connectivity index (χ4n) is 2.15. The van der Waals surface area contributed by atoms with Gasteiger partial charge in [-0.05, 0) is 33.2 Å². The van der Waals surface area contributed by atoms with Gasteiger partial charge in [-0.3, -0.25) is 4.79 Å². The Kier molecular flexibility index (Phi) is 3.78. The fourth-order valence-corrected chi connectivity index (χ4v) is 2.15. The van der Waals surface area contributed by atoms with Gasteiger partial charge in [0, 0.05) is 18.7 Å². The highest BCUT2D eigenvalue weighted by atomic mass is 16.5. The maximum Gasteiger partial charge on any atom is 0.224 e. The Morgan fingerprint density at radius 2 is 2.41 bits per heavy atom. The van der Waals surface area contributed by atoms with Crippen molar-refractivity contribution in [3.63, 3.8) is 0 Å². The molecule has 0 aromatic carbocycles. The van der Waals surface area contributed by atoms with E-state index in [2.05, 4.69) is 15.8 Å². The van der Waals surface area contributed by atoms with Crippen molar-refractivity contribution in [3.8, 4) is 0 Å². The predicted octanol–water partition coefficient (Wildman–Crippen LogP) is 0.907. The van der Waals surface area contributed by atoms with E-state index in [-0.39, 0.29) is 11.8 Å². The number of carbonyl (C=O) groups is 1. The summed E-state index contributed by atoms with van der Waals surface area (Å²) >= 11 is 0. The van der Waals surface area contributed by atoms with E-state index in [1.165, 1.54) is 0 Å². The average Bonchev–Trinajstić information content (AvgIpc) is 2.67. The lowest BCUT2D eigenvalue weighted by Gasteiger charge is -2.21. The van der Waals surface area contributed by atoms with Gasteiger partial charge >= 0.3 is 0 Å². The monoisotopic (exact) mass is 237 g/mol. The van der Waals surface area contributed by atoms with Gasteiger partial charge < -0.3 is 15.2 Å².